The molecule has 1 amide bonds. The highest BCUT2D eigenvalue weighted by Gasteiger charge is 2.15. The zero-order valence-electron chi connectivity index (χ0n) is 14.5. The van der Waals surface area contributed by atoms with Crippen LogP contribution >= 0.6 is 11.8 Å². The average Bonchev–Trinajstić information content (AvgIpc) is 3.12. The van der Waals surface area contributed by atoms with Gasteiger partial charge in [0, 0.05) is 28.5 Å². The number of fused-ring (bicyclic) bond motifs is 1. The number of nitrogens with one attached hydrogen (secondary N) is 1. The number of pyridine rings is 1. The van der Waals surface area contributed by atoms with Gasteiger partial charge >= 0.3 is 0 Å². The number of alkyl halides is 2. The van der Waals surface area contributed by atoms with Crippen molar-refractivity contribution in [1.29, 1.82) is 0 Å². The number of benzene rings is 2. The van der Waals surface area contributed by atoms with Crippen molar-refractivity contribution >= 4 is 29.0 Å². The van der Waals surface area contributed by atoms with Gasteiger partial charge in [-0.1, -0.05) is 42.1 Å². The quantitative estimate of drug-likeness (QED) is 0.450. The summed E-state index contributed by atoms with van der Waals surface area (Å²) in [5, 5.41) is 2.75. The fourth-order valence-corrected chi connectivity index (χ4v) is 3.49. The van der Waals surface area contributed by atoms with Crippen LogP contribution in [-0.4, -0.2) is 21.0 Å². The Bertz CT molecular complexity index is 1090. The summed E-state index contributed by atoms with van der Waals surface area (Å²) in [5.41, 5.74) is 3.38. The molecule has 0 aliphatic rings. The van der Waals surface area contributed by atoms with Gasteiger partial charge < -0.3 is 9.72 Å². The van der Waals surface area contributed by atoms with Crippen molar-refractivity contribution in [3.63, 3.8) is 0 Å². The van der Waals surface area contributed by atoms with Crippen LogP contribution < -0.4 is 5.32 Å². The van der Waals surface area contributed by atoms with Crippen LogP contribution in [0.1, 0.15) is 10.4 Å². The first-order valence-corrected chi connectivity index (χ1v) is 9.37. The molecule has 1 N–H and O–H groups in total. The predicted octanol–water partition coefficient (Wildman–Crippen LogP) is 5.57. The Labute approximate surface area is 164 Å². The molecule has 0 bridgehead atoms. The van der Waals surface area contributed by atoms with Crippen molar-refractivity contribution in [2.24, 2.45) is 0 Å². The van der Waals surface area contributed by atoms with E-state index < -0.39 is 11.7 Å². The molecule has 0 saturated carbocycles. The zero-order valence-corrected chi connectivity index (χ0v) is 15.4. The number of rotatable bonds is 5. The van der Waals surface area contributed by atoms with Crippen LogP contribution in [-0.2, 0) is 0 Å². The van der Waals surface area contributed by atoms with E-state index in [1.54, 1.807) is 24.3 Å². The third-order valence-electron chi connectivity index (χ3n) is 4.15. The molecule has 140 valence electrons. The van der Waals surface area contributed by atoms with Gasteiger partial charge in [-0.2, -0.15) is 8.78 Å². The number of thioether (sulfide) groups is 1. The van der Waals surface area contributed by atoms with Crippen LogP contribution in [0.25, 0.3) is 16.9 Å². The van der Waals surface area contributed by atoms with Crippen LogP contribution in [0.15, 0.2) is 84.0 Å². The van der Waals surface area contributed by atoms with E-state index in [9.17, 15) is 13.6 Å². The van der Waals surface area contributed by atoms with Gasteiger partial charge in [0.15, 0.2) is 0 Å². The van der Waals surface area contributed by atoms with Crippen LogP contribution in [0.4, 0.5) is 14.5 Å². The molecule has 0 radical (unpaired) electrons. The maximum atomic E-state index is 12.7. The lowest BCUT2D eigenvalue weighted by atomic mass is 10.1. The number of nitrogens with zero attached hydrogens (tertiary/aromatic N) is 2. The Morgan fingerprint density at radius 1 is 1.00 bits per heavy atom. The second-order valence-corrected chi connectivity index (χ2v) is 7.03. The highest BCUT2D eigenvalue weighted by molar-refractivity contribution is 7.99. The first kappa shape index (κ1) is 18.2. The summed E-state index contributed by atoms with van der Waals surface area (Å²) >= 11 is 0.361. The van der Waals surface area contributed by atoms with Crippen molar-refractivity contribution in [3.8, 4) is 11.3 Å². The Morgan fingerprint density at radius 3 is 2.50 bits per heavy atom. The Hall–Kier alpha value is -3.19. The molecule has 0 aliphatic carbocycles. The van der Waals surface area contributed by atoms with E-state index in [2.05, 4.69) is 10.3 Å². The van der Waals surface area contributed by atoms with Gasteiger partial charge in [0.25, 0.3) is 11.7 Å². The molecule has 0 aliphatic heterocycles. The highest BCUT2D eigenvalue weighted by atomic mass is 32.2. The third kappa shape index (κ3) is 3.89. The topological polar surface area (TPSA) is 46.4 Å². The molecule has 4 rings (SSSR count). The van der Waals surface area contributed by atoms with Crippen LogP contribution in [0.3, 0.4) is 0 Å². The average molecular weight is 395 g/mol. The van der Waals surface area contributed by atoms with E-state index >= 15 is 0 Å². The van der Waals surface area contributed by atoms with E-state index in [0.29, 0.717) is 17.4 Å². The minimum Gasteiger partial charge on any atom is -0.322 e. The molecule has 4 aromatic rings. The lowest BCUT2D eigenvalue weighted by Crippen LogP contribution is -2.13. The molecule has 4 nitrogen and oxygen atoms in total. The Balaban J connectivity index is 1.53. The zero-order chi connectivity index (χ0) is 19.5. The number of carbonyl (C=O) groups excluding carboxylic acids is 1. The Morgan fingerprint density at radius 2 is 1.75 bits per heavy atom. The van der Waals surface area contributed by atoms with Crippen molar-refractivity contribution in [1.82, 2.24) is 9.38 Å². The maximum absolute atomic E-state index is 12.7. The van der Waals surface area contributed by atoms with E-state index in [1.807, 2.05) is 47.1 Å². The predicted molar refractivity (Wildman–Crippen MR) is 107 cm³/mol. The molecule has 7 heteroatoms. The molecule has 0 atom stereocenters. The van der Waals surface area contributed by atoms with Gasteiger partial charge in [-0.15, -0.1) is 0 Å². The normalized spacial score (nSPS) is 11.1. The van der Waals surface area contributed by atoms with Crippen molar-refractivity contribution in [2.75, 3.05) is 5.32 Å². The largest absolute Gasteiger partial charge is 0.322 e. The molecule has 28 heavy (non-hydrogen) atoms. The lowest BCUT2D eigenvalue weighted by Gasteiger charge is -2.10. The van der Waals surface area contributed by atoms with Gasteiger partial charge in [-0.3, -0.25) is 4.79 Å². The number of carbonyl (C=O) groups is 1. The third-order valence-corrected chi connectivity index (χ3v) is 4.94. The van der Waals surface area contributed by atoms with Crippen LogP contribution in [0.5, 0.6) is 0 Å². The first-order valence-electron chi connectivity index (χ1n) is 8.49. The standard InChI is InChI=1S/C21H15F2N3OS/c22-21(23)28-18-6-2-1-5-16(18)20(27)24-15-10-8-14(9-11-15)17-13-26-12-4-3-7-19(26)25-17/h1-13,21H,(H,24,27). The molecule has 0 saturated heterocycles. The highest BCUT2D eigenvalue weighted by Crippen LogP contribution is 2.29. The van der Waals surface area contributed by atoms with Crippen LogP contribution in [0.2, 0.25) is 0 Å². The molecule has 0 unspecified atom stereocenters. The minimum absolute atomic E-state index is 0.220. The van der Waals surface area contributed by atoms with Gasteiger partial charge in [0.05, 0.1) is 11.3 Å². The number of amides is 1. The van der Waals surface area contributed by atoms with E-state index in [0.717, 1.165) is 16.9 Å². The SMILES string of the molecule is O=C(Nc1ccc(-c2cn3ccccc3n2)cc1)c1ccccc1SC(F)F. The second kappa shape index (κ2) is 7.82. The fourth-order valence-electron chi connectivity index (χ4n) is 2.85. The molecule has 2 aromatic heterocycles. The molecule has 2 heterocycles. The molecular weight excluding hydrogens is 380 g/mol. The van der Waals surface area contributed by atoms with Gasteiger partial charge in [-0.25, -0.2) is 4.98 Å². The van der Waals surface area contributed by atoms with Crippen LogP contribution in [0, 0.1) is 0 Å². The number of anilines is 1. The Kier molecular flexibility index (Phi) is 5.08. The van der Waals surface area contributed by atoms with Crippen molar-refractivity contribution < 1.29 is 13.6 Å². The first-order chi connectivity index (χ1) is 13.6. The molecular formula is C21H15F2N3OS. The summed E-state index contributed by atoms with van der Waals surface area (Å²) < 4.78 is 27.3. The maximum Gasteiger partial charge on any atom is 0.288 e. The molecule has 0 spiro atoms. The summed E-state index contributed by atoms with van der Waals surface area (Å²) in [7, 11) is 0. The van der Waals surface area contributed by atoms with Gasteiger partial charge in [0.2, 0.25) is 0 Å². The number of hydrogen-bond donors (Lipinski definition) is 1. The fraction of sp³-hybridized carbons (Fsp3) is 0.0476. The van der Waals surface area contributed by atoms with Crippen molar-refractivity contribution in [2.45, 2.75) is 10.7 Å². The summed E-state index contributed by atoms with van der Waals surface area (Å²) in [6.45, 7) is 0. The van der Waals surface area contributed by atoms with Gasteiger partial charge in [0.1, 0.15) is 5.65 Å². The van der Waals surface area contributed by atoms with E-state index in [1.165, 1.54) is 12.1 Å². The number of imidazole rings is 1. The number of hydrogen-bond acceptors (Lipinski definition) is 3. The molecule has 2 aromatic carbocycles. The minimum atomic E-state index is -2.58. The van der Waals surface area contributed by atoms with Crippen molar-refractivity contribution in [3.05, 3.63) is 84.7 Å². The monoisotopic (exact) mass is 395 g/mol. The summed E-state index contributed by atoms with van der Waals surface area (Å²) in [6, 6.07) is 19.4. The molecule has 0 fully saturated rings. The smallest absolute Gasteiger partial charge is 0.288 e. The lowest BCUT2D eigenvalue weighted by molar-refractivity contribution is 0.102. The van der Waals surface area contributed by atoms with Gasteiger partial charge in [-0.05, 0) is 36.4 Å². The number of halogens is 2. The summed E-state index contributed by atoms with van der Waals surface area (Å²) in [5.74, 6) is -3.01. The second-order valence-electron chi connectivity index (χ2n) is 6.00. The van der Waals surface area contributed by atoms with E-state index in [-0.39, 0.29) is 10.5 Å². The summed E-state index contributed by atoms with van der Waals surface area (Å²) in [4.78, 5) is 17.3. The summed E-state index contributed by atoms with van der Waals surface area (Å²) in [6.07, 6.45) is 3.86. The van der Waals surface area contributed by atoms with E-state index in [4.69, 9.17) is 0 Å². The number of aromatic nitrogens is 2.